The summed E-state index contributed by atoms with van der Waals surface area (Å²) in [4.78, 5) is 0. The molecule has 0 saturated heterocycles. The fraction of sp³-hybridized carbons (Fsp3) is 1.00. The van der Waals surface area contributed by atoms with Crippen LogP contribution in [0.5, 0.6) is 0 Å². The van der Waals surface area contributed by atoms with Crippen molar-refractivity contribution in [2.45, 2.75) is 96.1 Å². The van der Waals surface area contributed by atoms with Crippen LogP contribution < -0.4 is 0 Å². The van der Waals surface area contributed by atoms with Crippen molar-refractivity contribution in [2.75, 3.05) is 0 Å². The van der Waals surface area contributed by atoms with Gasteiger partial charge < -0.3 is 4.74 Å². The van der Waals surface area contributed by atoms with Gasteiger partial charge in [-0.05, 0) is 31.6 Å². The topological polar surface area (TPSA) is 9.23 Å². The number of alkyl halides is 1. The van der Waals surface area contributed by atoms with Gasteiger partial charge in [0.15, 0.2) is 0 Å². The van der Waals surface area contributed by atoms with Crippen LogP contribution in [0.3, 0.4) is 0 Å². The highest BCUT2D eigenvalue weighted by Crippen LogP contribution is 2.25. The van der Waals surface area contributed by atoms with Crippen LogP contribution in [0, 0.1) is 5.92 Å². The molecule has 0 aromatic rings. The van der Waals surface area contributed by atoms with Crippen LogP contribution in [0.2, 0.25) is 0 Å². The van der Waals surface area contributed by atoms with Gasteiger partial charge in [-0.2, -0.15) is 0 Å². The van der Waals surface area contributed by atoms with Crippen LogP contribution >= 0.6 is 11.6 Å². The van der Waals surface area contributed by atoms with Gasteiger partial charge >= 0.3 is 0 Å². The molecule has 1 unspecified atom stereocenters. The maximum absolute atomic E-state index is 6.43. The molecule has 1 rings (SSSR count). The van der Waals surface area contributed by atoms with Gasteiger partial charge in [0.1, 0.15) is 5.56 Å². The molecule has 1 aliphatic rings. The minimum Gasteiger partial charge on any atom is -0.359 e. The Morgan fingerprint density at radius 3 is 1.78 bits per heavy atom. The summed E-state index contributed by atoms with van der Waals surface area (Å²) in [6.45, 7) is 4.42. The van der Waals surface area contributed by atoms with Gasteiger partial charge in [0.2, 0.25) is 0 Å². The molecule has 0 N–H and O–H groups in total. The van der Waals surface area contributed by atoms with E-state index in [1.165, 1.54) is 57.8 Å². The minimum atomic E-state index is -0.0760. The quantitative estimate of drug-likeness (QED) is 0.567. The summed E-state index contributed by atoms with van der Waals surface area (Å²) in [6, 6.07) is 0. The number of ether oxygens (including phenoxy) is 1. The van der Waals surface area contributed by atoms with Gasteiger partial charge in [0, 0.05) is 0 Å². The smallest absolute Gasteiger partial charge is 0.134 e. The van der Waals surface area contributed by atoms with Gasteiger partial charge in [-0.1, -0.05) is 70.4 Å². The van der Waals surface area contributed by atoms with E-state index >= 15 is 0 Å². The second kappa shape index (κ2) is 10.1. The lowest BCUT2D eigenvalue weighted by Crippen LogP contribution is -2.24. The zero-order chi connectivity index (χ0) is 13.2. The molecule has 1 saturated carbocycles. The lowest BCUT2D eigenvalue weighted by Gasteiger charge is -2.26. The van der Waals surface area contributed by atoms with Gasteiger partial charge in [-0.25, -0.2) is 0 Å². The Labute approximate surface area is 119 Å². The van der Waals surface area contributed by atoms with Crippen molar-refractivity contribution >= 4 is 11.6 Å². The molecule has 0 aromatic carbocycles. The van der Waals surface area contributed by atoms with Crippen LogP contribution in [0.4, 0.5) is 0 Å². The van der Waals surface area contributed by atoms with Crippen LogP contribution in [-0.2, 0) is 4.74 Å². The normalized spacial score (nSPS) is 22.0. The van der Waals surface area contributed by atoms with Crippen molar-refractivity contribution in [1.29, 1.82) is 0 Å². The first kappa shape index (κ1) is 16.3. The third-order valence-corrected chi connectivity index (χ3v) is 4.75. The molecule has 0 spiro atoms. The Balaban J connectivity index is 2.35. The molecule has 1 atom stereocenters. The average molecular weight is 275 g/mol. The Kier molecular flexibility index (Phi) is 9.14. The maximum atomic E-state index is 6.43. The molecule has 18 heavy (non-hydrogen) atoms. The number of rotatable bonds is 5. The highest BCUT2D eigenvalue weighted by atomic mass is 35.5. The number of halogens is 1. The van der Waals surface area contributed by atoms with E-state index < -0.39 is 0 Å². The molecule has 0 radical (unpaired) electrons. The standard InChI is InChI=1S/C16H31ClO/c1-3-14(4-2)16(17)18-15-12-10-8-6-5-7-9-11-13-15/h14-16H,3-13H2,1-2H3. The summed E-state index contributed by atoms with van der Waals surface area (Å²) >= 11 is 6.43. The lowest BCUT2D eigenvalue weighted by atomic mass is 9.98. The summed E-state index contributed by atoms with van der Waals surface area (Å²) in [7, 11) is 0. The van der Waals surface area contributed by atoms with Crippen molar-refractivity contribution in [3.05, 3.63) is 0 Å². The fourth-order valence-corrected chi connectivity index (χ4v) is 3.36. The Hall–Kier alpha value is 0.250. The monoisotopic (exact) mass is 274 g/mol. The minimum absolute atomic E-state index is 0.0760. The first-order valence-electron chi connectivity index (χ1n) is 8.07. The first-order valence-corrected chi connectivity index (χ1v) is 8.51. The summed E-state index contributed by atoms with van der Waals surface area (Å²) in [5.41, 5.74) is -0.0760. The van der Waals surface area contributed by atoms with E-state index in [-0.39, 0.29) is 5.56 Å². The van der Waals surface area contributed by atoms with E-state index in [0.29, 0.717) is 12.0 Å². The third-order valence-electron chi connectivity index (χ3n) is 4.29. The van der Waals surface area contributed by atoms with Crippen molar-refractivity contribution in [2.24, 2.45) is 5.92 Å². The van der Waals surface area contributed by atoms with Crippen molar-refractivity contribution in [1.82, 2.24) is 0 Å². The predicted molar refractivity (Wildman–Crippen MR) is 80.1 cm³/mol. The van der Waals surface area contributed by atoms with Gasteiger partial charge in [-0.15, -0.1) is 0 Å². The molecule has 0 aromatic heterocycles. The van der Waals surface area contributed by atoms with Crippen LogP contribution in [0.1, 0.15) is 84.5 Å². The predicted octanol–water partition coefficient (Wildman–Crippen LogP) is 5.90. The summed E-state index contributed by atoms with van der Waals surface area (Å²) in [6.07, 6.45) is 14.7. The first-order chi connectivity index (χ1) is 8.77. The third kappa shape index (κ3) is 6.43. The molecule has 0 amide bonds. The Morgan fingerprint density at radius 2 is 1.33 bits per heavy atom. The molecule has 1 fully saturated rings. The highest BCUT2D eigenvalue weighted by Gasteiger charge is 2.21. The molecule has 0 bridgehead atoms. The average Bonchev–Trinajstić information content (AvgIpc) is 2.38. The van der Waals surface area contributed by atoms with Gasteiger partial charge in [-0.3, -0.25) is 0 Å². The highest BCUT2D eigenvalue weighted by molar-refractivity contribution is 6.19. The number of hydrogen-bond donors (Lipinski definition) is 0. The second-order valence-electron chi connectivity index (χ2n) is 5.74. The molecule has 0 aliphatic heterocycles. The molecular weight excluding hydrogens is 244 g/mol. The van der Waals surface area contributed by atoms with Gasteiger partial charge in [0.25, 0.3) is 0 Å². The summed E-state index contributed by atoms with van der Waals surface area (Å²) in [5.74, 6) is 0.516. The molecule has 1 nitrogen and oxygen atoms in total. The lowest BCUT2D eigenvalue weighted by molar-refractivity contribution is -0.0105. The molecule has 108 valence electrons. The molecular formula is C16H31ClO. The second-order valence-corrected chi connectivity index (χ2v) is 6.17. The van der Waals surface area contributed by atoms with E-state index in [0.717, 1.165) is 12.8 Å². The van der Waals surface area contributed by atoms with E-state index in [1.807, 2.05) is 0 Å². The van der Waals surface area contributed by atoms with Crippen molar-refractivity contribution in [3.8, 4) is 0 Å². The molecule has 2 heteroatoms. The van der Waals surface area contributed by atoms with E-state index in [4.69, 9.17) is 16.3 Å². The largest absolute Gasteiger partial charge is 0.359 e. The van der Waals surface area contributed by atoms with E-state index in [1.54, 1.807) is 0 Å². The van der Waals surface area contributed by atoms with Crippen LogP contribution in [0.25, 0.3) is 0 Å². The van der Waals surface area contributed by atoms with E-state index in [2.05, 4.69) is 13.8 Å². The Bertz CT molecular complexity index is 182. The zero-order valence-corrected chi connectivity index (χ0v) is 13.1. The van der Waals surface area contributed by atoms with Crippen LogP contribution in [0.15, 0.2) is 0 Å². The van der Waals surface area contributed by atoms with Crippen molar-refractivity contribution < 1.29 is 4.74 Å². The van der Waals surface area contributed by atoms with Crippen LogP contribution in [-0.4, -0.2) is 11.7 Å². The van der Waals surface area contributed by atoms with Gasteiger partial charge in [0.05, 0.1) is 6.10 Å². The summed E-state index contributed by atoms with van der Waals surface area (Å²) < 4.78 is 6.13. The molecule has 0 heterocycles. The maximum Gasteiger partial charge on any atom is 0.134 e. The Morgan fingerprint density at radius 1 is 0.889 bits per heavy atom. The molecule has 1 aliphatic carbocycles. The zero-order valence-electron chi connectivity index (χ0n) is 12.3. The number of hydrogen-bond acceptors (Lipinski definition) is 1. The van der Waals surface area contributed by atoms with Crippen molar-refractivity contribution in [3.63, 3.8) is 0 Å². The summed E-state index contributed by atoms with van der Waals surface area (Å²) in [5, 5.41) is 0. The van der Waals surface area contributed by atoms with E-state index in [9.17, 15) is 0 Å². The SMILES string of the molecule is CCC(CC)C(Cl)OC1CCCCCCCCC1. The fourth-order valence-electron chi connectivity index (χ4n) is 2.86.